The van der Waals surface area contributed by atoms with Crippen LogP contribution in [0.4, 0.5) is 0 Å². The molecule has 0 bridgehead atoms. The van der Waals surface area contributed by atoms with Crippen LogP contribution in [0.5, 0.6) is 17.2 Å². The van der Waals surface area contributed by atoms with Gasteiger partial charge in [-0.15, -0.1) is 0 Å². The molecule has 4 rings (SSSR count). The highest BCUT2D eigenvalue weighted by Gasteiger charge is 2.37. The van der Waals surface area contributed by atoms with Gasteiger partial charge in [0.05, 0.1) is 32.7 Å². The van der Waals surface area contributed by atoms with Crippen LogP contribution in [0.1, 0.15) is 33.9 Å². The molecule has 5 nitrogen and oxygen atoms in total. The van der Waals surface area contributed by atoms with Crippen LogP contribution >= 0.6 is 0 Å². The zero-order valence-electron chi connectivity index (χ0n) is 14.5. The lowest BCUT2D eigenvalue weighted by molar-refractivity contribution is -0.913. The van der Waals surface area contributed by atoms with Crippen LogP contribution < -0.4 is 19.1 Å². The van der Waals surface area contributed by atoms with Gasteiger partial charge in [0, 0.05) is 12.0 Å². The number of nitrogens with one attached hydrogen (secondary N) is 1. The Morgan fingerprint density at radius 1 is 1.28 bits per heavy atom. The normalized spacial score (nSPS) is 20.9. The summed E-state index contributed by atoms with van der Waals surface area (Å²) in [6.45, 7) is 1.19. The minimum Gasteiger partial charge on any atom is -0.492 e. The second kappa shape index (κ2) is 6.41. The molecule has 0 aliphatic carbocycles. The van der Waals surface area contributed by atoms with Gasteiger partial charge in [-0.25, -0.2) is 0 Å². The van der Waals surface area contributed by atoms with Crippen molar-refractivity contribution in [1.29, 1.82) is 0 Å². The molecule has 130 valence electrons. The first kappa shape index (κ1) is 16.0. The molecule has 0 fully saturated rings. The molecule has 2 aliphatic heterocycles. The van der Waals surface area contributed by atoms with Crippen LogP contribution in [0.25, 0.3) is 0 Å². The van der Waals surface area contributed by atoms with Crippen LogP contribution in [-0.4, -0.2) is 33.3 Å². The van der Waals surface area contributed by atoms with Crippen molar-refractivity contribution in [1.82, 2.24) is 0 Å². The highest BCUT2D eigenvalue weighted by Crippen LogP contribution is 2.47. The van der Waals surface area contributed by atoms with E-state index < -0.39 is 0 Å². The quantitative estimate of drug-likeness (QED) is 0.863. The number of benzene rings is 2. The maximum atomic E-state index is 12.8. The standard InChI is InChI=1S/C20H21NO4/c1-21-9-8-14-10-17-19(25-12-24-17)20(23-2)18(14)15(21)11-16(22)13-6-4-3-5-7-13/h3-7,10,15H,8-9,11-12H2,1-2H3/p+1/t15-/m1/s1. The zero-order valence-corrected chi connectivity index (χ0v) is 14.5. The number of ether oxygens (including phenoxy) is 3. The molecule has 1 unspecified atom stereocenters. The summed E-state index contributed by atoms with van der Waals surface area (Å²) in [5.41, 5.74) is 3.03. The molecular weight excluding hydrogens is 318 g/mol. The Balaban J connectivity index is 1.74. The van der Waals surface area contributed by atoms with Crippen LogP contribution in [0, 0.1) is 0 Å². The number of carbonyl (C=O) groups is 1. The average Bonchev–Trinajstić information content (AvgIpc) is 3.11. The largest absolute Gasteiger partial charge is 0.492 e. The molecule has 1 N–H and O–H groups in total. The van der Waals surface area contributed by atoms with E-state index in [0.717, 1.165) is 35.6 Å². The van der Waals surface area contributed by atoms with Crippen molar-refractivity contribution >= 4 is 5.78 Å². The first-order valence-corrected chi connectivity index (χ1v) is 8.59. The molecule has 5 heteroatoms. The number of rotatable bonds is 4. The molecule has 2 atom stereocenters. The second-order valence-electron chi connectivity index (χ2n) is 6.61. The summed E-state index contributed by atoms with van der Waals surface area (Å²) in [7, 11) is 3.79. The third-order valence-electron chi connectivity index (χ3n) is 5.17. The summed E-state index contributed by atoms with van der Waals surface area (Å²) in [5, 5.41) is 0. The number of quaternary nitrogens is 1. The summed E-state index contributed by atoms with van der Waals surface area (Å²) in [6.07, 6.45) is 1.38. The first-order chi connectivity index (χ1) is 12.2. The van der Waals surface area contributed by atoms with Gasteiger partial charge in [-0.05, 0) is 11.6 Å². The number of ketones is 1. The highest BCUT2D eigenvalue weighted by molar-refractivity contribution is 5.96. The van der Waals surface area contributed by atoms with E-state index in [4.69, 9.17) is 14.2 Å². The van der Waals surface area contributed by atoms with Crippen molar-refractivity contribution in [3.05, 3.63) is 53.1 Å². The molecule has 0 radical (unpaired) electrons. The summed E-state index contributed by atoms with van der Waals surface area (Å²) in [4.78, 5) is 14.1. The molecule has 2 heterocycles. The van der Waals surface area contributed by atoms with Crippen molar-refractivity contribution in [2.75, 3.05) is 27.5 Å². The van der Waals surface area contributed by atoms with E-state index in [2.05, 4.69) is 7.05 Å². The number of hydrogen-bond donors (Lipinski definition) is 1. The van der Waals surface area contributed by atoms with Crippen molar-refractivity contribution in [2.45, 2.75) is 18.9 Å². The van der Waals surface area contributed by atoms with Crippen LogP contribution in [0.2, 0.25) is 0 Å². The second-order valence-corrected chi connectivity index (χ2v) is 6.61. The fourth-order valence-corrected chi connectivity index (χ4v) is 3.82. The summed E-state index contributed by atoms with van der Waals surface area (Å²) in [5.74, 6) is 2.27. The molecular formula is C20H22NO4+. The van der Waals surface area contributed by atoms with E-state index in [-0.39, 0.29) is 18.6 Å². The Kier molecular flexibility index (Phi) is 4.09. The third kappa shape index (κ3) is 2.74. The lowest BCUT2D eigenvalue weighted by Crippen LogP contribution is -3.10. The van der Waals surface area contributed by atoms with Gasteiger partial charge in [-0.1, -0.05) is 30.3 Å². The average molecular weight is 340 g/mol. The van der Waals surface area contributed by atoms with E-state index in [1.54, 1.807) is 7.11 Å². The van der Waals surface area contributed by atoms with Crippen LogP contribution in [-0.2, 0) is 6.42 Å². The fraction of sp³-hybridized carbons (Fsp3) is 0.350. The van der Waals surface area contributed by atoms with Gasteiger partial charge < -0.3 is 19.1 Å². The fourth-order valence-electron chi connectivity index (χ4n) is 3.82. The number of Topliss-reactive ketones (excluding diaryl/α,β-unsaturated/α-hetero) is 1. The summed E-state index contributed by atoms with van der Waals surface area (Å²) >= 11 is 0. The Labute approximate surface area is 147 Å². The summed E-state index contributed by atoms with van der Waals surface area (Å²) < 4.78 is 16.9. The molecule has 0 aromatic heterocycles. The van der Waals surface area contributed by atoms with Gasteiger partial charge in [-0.2, -0.15) is 0 Å². The highest BCUT2D eigenvalue weighted by atomic mass is 16.7. The molecule has 0 saturated heterocycles. The minimum atomic E-state index is 0.0425. The van der Waals surface area contributed by atoms with Crippen LogP contribution in [0.3, 0.4) is 0 Å². The topological polar surface area (TPSA) is 49.2 Å². The number of fused-ring (bicyclic) bond motifs is 2. The van der Waals surface area contributed by atoms with Gasteiger partial charge in [0.25, 0.3) is 0 Å². The van der Waals surface area contributed by atoms with Crippen molar-refractivity contribution in [2.24, 2.45) is 0 Å². The first-order valence-electron chi connectivity index (χ1n) is 8.59. The van der Waals surface area contributed by atoms with E-state index >= 15 is 0 Å². The maximum Gasteiger partial charge on any atom is 0.231 e. The Bertz CT molecular complexity index is 803. The number of carbonyl (C=O) groups excluding carboxylic acids is 1. The van der Waals surface area contributed by atoms with Crippen molar-refractivity contribution in [3.8, 4) is 17.2 Å². The molecule has 0 saturated carbocycles. The van der Waals surface area contributed by atoms with Gasteiger partial charge in [0.2, 0.25) is 12.5 Å². The monoisotopic (exact) mass is 340 g/mol. The molecule has 2 aromatic rings. The van der Waals surface area contributed by atoms with E-state index in [0.29, 0.717) is 12.2 Å². The lowest BCUT2D eigenvalue weighted by atomic mass is 9.87. The molecule has 2 aromatic carbocycles. The van der Waals surface area contributed by atoms with Gasteiger partial charge in [0.1, 0.15) is 6.04 Å². The molecule has 0 amide bonds. The van der Waals surface area contributed by atoms with Crippen LogP contribution in [0.15, 0.2) is 36.4 Å². The smallest absolute Gasteiger partial charge is 0.231 e. The predicted octanol–water partition coefficient (Wildman–Crippen LogP) is 1.81. The molecule has 2 aliphatic rings. The van der Waals surface area contributed by atoms with E-state index in [1.165, 1.54) is 10.5 Å². The zero-order chi connectivity index (χ0) is 17.4. The number of hydrogen-bond acceptors (Lipinski definition) is 4. The van der Waals surface area contributed by atoms with Gasteiger partial charge in [-0.3, -0.25) is 4.79 Å². The summed E-state index contributed by atoms with van der Waals surface area (Å²) in [6, 6.07) is 11.6. The Morgan fingerprint density at radius 3 is 2.84 bits per heavy atom. The number of likely N-dealkylation sites (N-methyl/N-ethyl adjacent to an activating group) is 1. The Morgan fingerprint density at radius 2 is 2.08 bits per heavy atom. The van der Waals surface area contributed by atoms with Gasteiger partial charge in [0.15, 0.2) is 17.3 Å². The Hall–Kier alpha value is -2.53. The van der Waals surface area contributed by atoms with Crippen molar-refractivity contribution in [3.63, 3.8) is 0 Å². The molecule has 25 heavy (non-hydrogen) atoms. The van der Waals surface area contributed by atoms with E-state index in [1.807, 2.05) is 36.4 Å². The molecule has 0 spiro atoms. The predicted molar refractivity (Wildman–Crippen MR) is 92.7 cm³/mol. The SMILES string of the molecule is COc1c2c(cc3c1[C@@H](CC(=O)c1ccccc1)[NH+](C)CC3)OCO2. The van der Waals surface area contributed by atoms with E-state index in [9.17, 15) is 4.79 Å². The minimum absolute atomic E-state index is 0.0425. The maximum absolute atomic E-state index is 12.8. The lowest BCUT2D eigenvalue weighted by Gasteiger charge is -2.32. The van der Waals surface area contributed by atoms with Crippen molar-refractivity contribution < 1.29 is 23.9 Å². The number of methoxy groups -OCH3 is 1. The third-order valence-corrected chi connectivity index (χ3v) is 5.17. The van der Waals surface area contributed by atoms with Gasteiger partial charge >= 0.3 is 0 Å².